The lowest BCUT2D eigenvalue weighted by Crippen LogP contribution is -2.56. The van der Waals surface area contributed by atoms with Gasteiger partial charge in [-0.1, -0.05) is 30.3 Å². The highest BCUT2D eigenvalue weighted by Gasteiger charge is 2.60. The van der Waals surface area contributed by atoms with Crippen molar-refractivity contribution in [1.29, 1.82) is 0 Å². The first-order valence-corrected chi connectivity index (χ1v) is 9.73. The van der Waals surface area contributed by atoms with Crippen LogP contribution in [-0.2, 0) is 11.3 Å². The molecular formula is C20H23F3N4O3. The lowest BCUT2D eigenvalue weighted by atomic mass is 9.99. The van der Waals surface area contributed by atoms with Crippen molar-refractivity contribution in [3.63, 3.8) is 0 Å². The van der Waals surface area contributed by atoms with Crippen molar-refractivity contribution in [2.75, 3.05) is 42.6 Å². The minimum absolute atomic E-state index is 0.0844. The van der Waals surface area contributed by atoms with Crippen LogP contribution in [0.25, 0.3) is 0 Å². The molecule has 10 heteroatoms. The fraction of sp³-hybridized carbons (Fsp3) is 0.500. The molecule has 1 N–H and O–H groups in total. The van der Waals surface area contributed by atoms with E-state index in [0.717, 1.165) is 16.4 Å². The highest BCUT2D eigenvalue weighted by atomic mass is 19.4. The van der Waals surface area contributed by atoms with Gasteiger partial charge in [0.05, 0.1) is 32.4 Å². The van der Waals surface area contributed by atoms with Gasteiger partial charge in [0.15, 0.2) is 5.54 Å². The Kier molecular flexibility index (Phi) is 5.23. The average Bonchev–Trinajstić information content (AvgIpc) is 3.03. The number of halogens is 3. The monoisotopic (exact) mass is 424 g/mol. The molecule has 3 heterocycles. The molecule has 2 aliphatic heterocycles. The molecule has 0 radical (unpaired) electrons. The standard InChI is InChI=1S/C20H23F3N4O3/c1-19(20(21,22)23)13-26-17(29)11-16(25-7-9-30-10-8-25)24-18(26)27(19)12-15(28)14-5-3-2-4-6-14/h2-6,11,15,28H,7-10,12-13H2,1H3/t15-,19-/m1/s1. The summed E-state index contributed by atoms with van der Waals surface area (Å²) in [5.41, 5.74) is -2.42. The van der Waals surface area contributed by atoms with Crippen LogP contribution in [0.5, 0.6) is 0 Å². The summed E-state index contributed by atoms with van der Waals surface area (Å²) in [7, 11) is 0. The van der Waals surface area contributed by atoms with Crippen LogP contribution in [0.4, 0.5) is 24.9 Å². The van der Waals surface area contributed by atoms with Crippen molar-refractivity contribution in [2.24, 2.45) is 0 Å². The van der Waals surface area contributed by atoms with Gasteiger partial charge in [0.2, 0.25) is 5.95 Å². The molecule has 0 amide bonds. The van der Waals surface area contributed by atoms with Crippen molar-refractivity contribution < 1.29 is 23.0 Å². The number of fused-ring (bicyclic) bond motifs is 1. The third kappa shape index (κ3) is 3.54. The third-order valence-corrected chi connectivity index (χ3v) is 5.76. The number of aliphatic hydroxyl groups excluding tert-OH is 1. The van der Waals surface area contributed by atoms with Crippen molar-refractivity contribution in [2.45, 2.75) is 31.3 Å². The molecule has 0 aliphatic carbocycles. The Morgan fingerprint density at radius 2 is 1.90 bits per heavy atom. The number of nitrogens with zero attached hydrogens (tertiary/aromatic N) is 4. The van der Waals surface area contributed by atoms with E-state index in [4.69, 9.17) is 4.74 Å². The third-order valence-electron chi connectivity index (χ3n) is 5.76. The van der Waals surface area contributed by atoms with Gasteiger partial charge in [-0.15, -0.1) is 0 Å². The molecule has 2 aliphatic rings. The van der Waals surface area contributed by atoms with E-state index in [2.05, 4.69) is 4.98 Å². The highest BCUT2D eigenvalue weighted by Crippen LogP contribution is 2.44. The molecule has 1 fully saturated rings. The zero-order chi connectivity index (χ0) is 21.5. The van der Waals surface area contributed by atoms with Crippen LogP contribution in [0.15, 0.2) is 41.2 Å². The van der Waals surface area contributed by atoms with Crippen LogP contribution < -0.4 is 15.4 Å². The first-order valence-electron chi connectivity index (χ1n) is 9.73. The quantitative estimate of drug-likeness (QED) is 0.809. The average molecular weight is 424 g/mol. The maximum absolute atomic E-state index is 14.1. The van der Waals surface area contributed by atoms with Crippen molar-refractivity contribution >= 4 is 11.8 Å². The molecule has 4 rings (SSSR count). The molecule has 1 aromatic heterocycles. The molecule has 162 valence electrons. The zero-order valence-electron chi connectivity index (χ0n) is 16.5. The molecule has 7 nitrogen and oxygen atoms in total. The second-order valence-electron chi connectivity index (χ2n) is 7.75. The van der Waals surface area contributed by atoms with E-state index in [9.17, 15) is 23.1 Å². The fourth-order valence-corrected chi connectivity index (χ4v) is 3.88. The summed E-state index contributed by atoms with van der Waals surface area (Å²) in [6.07, 6.45) is -5.81. The van der Waals surface area contributed by atoms with Crippen LogP contribution in [0.3, 0.4) is 0 Å². The van der Waals surface area contributed by atoms with E-state index >= 15 is 0 Å². The summed E-state index contributed by atoms with van der Waals surface area (Å²) in [5, 5.41) is 10.6. The summed E-state index contributed by atoms with van der Waals surface area (Å²) < 4.78 is 48.7. The van der Waals surface area contributed by atoms with Gasteiger partial charge >= 0.3 is 6.18 Å². The fourth-order valence-electron chi connectivity index (χ4n) is 3.88. The van der Waals surface area contributed by atoms with Crippen LogP contribution in [0.2, 0.25) is 0 Å². The van der Waals surface area contributed by atoms with Crippen molar-refractivity contribution in [3.8, 4) is 0 Å². The Bertz CT molecular complexity index is 960. The number of rotatable bonds is 4. The van der Waals surface area contributed by atoms with Gasteiger partial charge in [-0.25, -0.2) is 0 Å². The first-order chi connectivity index (χ1) is 14.2. The van der Waals surface area contributed by atoms with Crippen LogP contribution in [-0.4, -0.2) is 59.2 Å². The van der Waals surface area contributed by atoms with Gasteiger partial charge in [0.1, 0.15) is 5.82 Å². The number of β-amino-alcohol motifs (C(OH)–C–C–N with tert-alkyl or cyclic N) is 1. The Balaban J connectivity index is 1.75. The Hall–Kier alpha value is -2.59. The molecule has 2 aromatic rings. The highest BCUT2D eigenvalue weighted by molar-refractivity contribution is 5.50. The SMILES string of the molecule is C[C@]1(C(F)(F)F)Cn2c(nc(N3CCOCC3)cc2=O)N1C[C@@H](O)c1ccccc1. The summed E-state index contributed by atoms with van der Waals surface area (Å²) in [5.74, 6) is 0.235. The van der Waals surface area contributed by atoms with Crippen LogP contribution in [0.1, 0.15) is 18.6 Å². The van der Waals surface area contributed by atoms with Gasteiger partial charge in [0, 0.05) is 19.2 Å². The summed E-state index contributed by atoms with van der Waals surface area (Å²) in [4.78, 5) is 20.0. The number of aliphatic hydroxyl groups is 1. The number of morpholine rings is 1. The molecule has 1 saturated heterocycles. The predicted molar refractivity (Wildman–Crippen MR) is 105 cm³/mol. The number of ether oxygens (including phenoxy) is 1. The molecule has 0 saturated carbocycles. The molecule has 2 atom stereocenters. The maximum atomic E-state index is 14.1. The van der Waals surface area contributed by atoms with E-state index in [-0.39, 0.29) is 12.5 Å². The molecular weight excluding hydrogens is 401 g/mol. The number of hydrogen-bond acceptors (Lipinski definition) is 6. The summed E-state index contributed by atoms with van der Waals surface area (Å²) in [6, 6.07) is 9.74. The Labute approximate surface area is 171 Å². The van der Waals surface area contributed by atoms with Gasteiger partial charge in [0.25, 0.3) is 5.56 Å². The second kappa shape index (κ2) is 7.59. The normalized spacial score (nSPS) is 22.8. The van der Waals surface area contributed by atoms with Gasteiger partial charge in [-0.05, 0) is 12.5 Å². The first kappa shape index (κ1) is 20.7. The lowest BCUT2D eigenvalue weighted by molar-refractivity contribution is -0.183. The molecule has 30 heavy (non-hydrogen) atoms. The summed E-state index contributed by atoms with van der Waals surface area (Å²) in [6.45, 7) is 2.01. The van der Waals surface area contributed by atoms with Gasteiger partial charge in [-0.3, -0.25) is 9.36 Å². The summed E-state index contributed by atoms with van der Waals surface area (Å²) >= 11 is 0. The van der Waals surface area contributed by atoms with E-state index < -0.39 is 29.9 Å². The number of anilines is 2. The minimum atomic E-state index is -4.64. The van der Waals surface area contributed by atoms with Crippen LogP contribution >= 0.6 is 0 Å². The van der Waals surface area contributed by atoms with E-state index in [0.29, 0.717) is 37.7 Å². The maximum Gasteiger partial charge on any atom is 0.413 e. The van der Waals surface area contributed by atoms with E-state index in [1.165, 1.54) is 6.07 Å². The Morgan fingerprint density at radius 3 is 2.53 bits per heavy atom. The van der Waals surface area contributed by atoms with Crippen molar-refractivity contribution in [1.82, 2.24) is 9.55 Å². The molecule has 0 spiro atoms. The van der Waals surface area contributed by atoms with Crippen molar-refractivity contribution in [3.05, 3.63) is 52.3 Å². The van der Waals surface area contributed by atoms with Gasteiger partial charge in [-0.2, -0.15) is 18.2 Å². The van der Waals surface area contributed by atoms with E-state index in [1.54, 1.807) is 30.3 Å². The topological polar surface area (TPSA) is 70.8 Å². The van der Waals surface area contributed by atoms with Crippen LogP contribution in [0, 0.1) is 0 Å². The number of hydrogen-bond donors (Lipinski definition) is 1. The molecule has 0 unspecified atom stereocenters. The largest absolute Gasteiger partial charge is 0.413 e. The zero-order valence-corrected chi connectivity index (χ0v) is 16.5. The van der Waals surface area contributed by atoms with Gasteiger partial charge < -0.3 is 19.6 Å². The predicted octanol–water partition coefficient (Wildman–Crippen LogP) is 1.95. The smallest absolute Gasteiger partial charge is 0.387 e. The number of benzene rings is 1. The van der Waals surface area contributed by atoms with E-state index in [1.807, 2.05) is 4.90 Å². The number of alkyl halides is 3. The Morgan fingerprint density at radius 1 is 1.23 bits per heavy atom. The molecule has 0 bridgehead atoms. The molecule has 1 aromatic carbocycles. The minimum Gasteiger partial charge on any atom is -0.387 e. The lowest BCUT2D eigenvalue weighted by Gasteiger charge is -2.38. The second-order valence-corrected chi connectivity index (χ2v) is 7.75. The number of aromatic nitrogens is 2.